The first kappa shape index (κ1) is 91.5. The van der Waals surface area contributed by atoms with Crippen molar-refractivity contribution < 1.29 is 174 Å². The van der Waals surface area contributed by atoms with Gasteiger partial charge in [0.2, 0.25) is 0 Å². The minimum atomic E-state index is -4.14. The van der Waals surface area contributed by atoms with Crippen LogP contribution in [0.25, 0.3) is 0 Å². The molecule has 0 unspecified atom stereocenters. The van der Waals surface area contributed by atoms with Crippen molar-refractivity contribution in [2.75, 3.05) is 77.6 Å². The Kier molecular flexibility index (Phi) is 43.7. The average Bonchev–Trinajstić information content (AvgIpc) is 0.909. The molecule has 36 nitrogen and oxygen atoms in total. The van der Waals surface area contributed by atoms with Crippen LogP contribution in [0.4, 0.5) is 0 Å². The van der Waals surface area contributed by atoms with Crippen LogP contribution in [0.2, 0.25) is 0 Å². The number of aromatic carboxylic acids is 4. The molecule has 0 bridgehead atoms. The van der Waals surface area contributed by atoms with Crippen molar-refractivity contribution in [2.24, 2.45) is 0 Å². The monoisotopic (exact) mass is 1490 g/mol. The number of methoxy groups -OCH3 is 2. The van der Waals surface area contributed by atoms with Gasteiger partial charge in [-0.25, -0.2) is 38.4 Å². The summed E-state index contributed by atoms with van der Waals surface area (Å²) in [6.45, 7) is -0.273. The summed E-state index contributed by atoms with van der Waals surface area (Å²) in [6.07, 6.45) is 0.405. The van der Waals surface area contributed by atoms with Gasteiger partial charge in [-0.1, -0.05) is 0 Å². The Morgan fingerprint density at radius 1 is 0.312 bits per heavy atom. The van der Waals surface area contributed by atoms with Crippen LogP contribution in [0.5, 0.6) is 0 Å². The molecule has 0 aliphatic carbocycles. The van der Waals surface area contributed by atoms with E-state index in [1.54, 1.807) is 0 Å². The summed E-state index contributed by atoms with van der Waals surface area (Å²) in [5, 5.41) is 50.9. The summed E-state index contributed by atoms with van der Waals surface area (Å²) < 4.78 is 82.1. The van der Waals surface area contributed by atoms with E-state index in [1.165, 1.54) is 99.1 Å². The number of esters is 4. The van der Waals surface area contributed by atoms with E-state index in [-0.39, 0.29) is 165 Å². The molecule has 0 amide bonds. The first-order chi connectivity index (χ1) is 44.2. The van der Waals surface area contributed by atoms with Gasteiger partial charge in [0.15, 0.2) is 0 Å². The third-order valence-electron chi connectivity index (χ3n) is 11.4. The molecule has 0 saturated carbocycles. The van der Waals surface area contributed by atoms with Crippen LogP contribution in [-0.4, -0.2) is 215 Å². The van der Waals surface area contributed by atoms with Crippen LogP contribution in [0.3, 0.4) is 0 Å². The number of hydrogen-bond acceptors (Lipinski definition) is 20. The quantitative estimate of drug-likeness (QED) is 0.0137. The highest BCUT2D eigenvalue weighted by atomic mass is 31.2. The topological polar surface area (TPSA) is 640 Å². The number of aliphatic hydroxyl groups is 2. The van der Waals surface area contributed by atoms with Gasteiger partial charge in [-0.3, -0.25) is 27.4 Å². The van der Waals surface area contributed by atoms with Crippen LogP contribution in [-0.2, 0) is 59.2 Å². The second-order valence-electron chi connectivity index (χ2n) is 19.5. The minimum Gasteiger partial charge on any atom is -0.478 e. The lowest BCUT2D eigenvalue weighted by Crippen LogP contribution is -2.09. The van der Waals surface area contributed by atoms with E-state index in [0.717, 1.165) is 0 Å². The molecule has 0 aliphatic rings. The Labute approximate surface area is 547 Å². The lowest BCUT2D eigenvalue weighted by Gasteiger charge is -2.10. The molecule has 18 N–H and O–H groups in total. The van der Waals surface area contributed by atoms with Gasteiger partial charge >= 0.3 is 93.3 Å². The summed E-state index contributed by atoms with van der Waals surface area (Å²) in [5.41, 5.74) is 1.74. The first-order valence-electron chi connectivity index (χ1n) is 27.6. The standard InChI is InChI=1S/C16H24O10P2.C13H17O7P.C11H13O7P.C8H6O4.2C3H9O4P/c17-15(25-9-1-3-11-27(19,20)21)13-5-7-14(8-6-13)16(18)26-10-2-4-12-28(22,23)24;1-19-12(14)10-5-6-11(13(15)20-2)9(8-10)4-3-7-21(16,17)18;12-10(13)8-3-4-9(11(14)15)7(6-8)2-1-5-19(16,17)18;9-7(10)5-1-2-6(4-3-5)8(11)12;2*4-2-1-3-8(5,6)7/h5-8H,1-4,9-12H2,(H2,19,20,21)(H2,22,23,24);5-6,8H,3-4,7H2,1-2H3,(H2,16,17,18);3-4,6H,1-2,5H2,(H,12,13)(H,14,15)(H2,16,17,18);1-4H,(H,9,10)(H,11,12);2*4H,1-3H2,(H2,5,6,7). The summed E-state index contributed by atoms with van der Waals surface area (Å²) in [5.74, 6) is -6.88. The number of ether oxygens (including phenoxy) is 4. The fourth-order valence-electron chi connectivity index (χ4n) is 6.83. The summed E-state index contributed by atoms with van der Waals surface area (Å²) in [7, 11) is -21.5. The lowest BCUT2D eigenvalue weighted by atomic mass is 10.00. The number of carboxylic acids is 4. The second-order valence-corrected chi connectivity index (χ2v) is 30.1. The largest absolute Gasteiger partial charge is 0.478 e. The van der Waals surface area contributed by atoms with E-state index in [0.29, 0.717) is 18.4 Å². The van der Waals surface area contributed by atoms with Crippen LogP contribution >= 0.6 is 45.6 Å². The Bertz CT molecular complexity index is 3310. The number of aryl methyl sites for hydroxylation is 2. The summed E-state index contributed by atoms with van der Waals surface area (Å²) >= 11 is 0. The molecule has 42 heteroatoms. The zero-order chi connectivity index (χ0) is 74.3. The average molecular weight is 1490 g/mol. The molecule has 0 heterocycles. The van der Waals surface area contributed by atoms with Crippen LogP contribution < -0.4 is 0 Å². The maximum absolute atomic E-state index is 11.9. The highest BCUT2D eigenvalue weighted by Crippen LogP contribution is 2.38. The number of aliphatic hydroxyl groups excluding tert-OH is 2. The Balaban J connectivity index is 0. The Morgan fingerprint density at radius 3 is 0.875 bits per heavy atom. The number of rotatable bonds is 32. The fraction of sp³-hybridized carbons (Fsp3) is 0.407. The van der Waals surface area contributed by atoms with Crippen molar-refractivity contribution in [2.45, 2.75) is 64.2 Å². The van der Waals surface area contributed by atoms with E-state index in [2.05, 4.69) is 9.47 Å². The van der Waals surface area contributed by atoms with Crippen molar-refractivity contribution >= 4 is 93.3 Å². The van der Waals surface area contributed by atoms with Gasteiger partial charge in [-0.05, 0) is 160 Å². The molecule has 0 fully saturated rings. The Hall–Kier alpha value is -6.54. The second kappa shape index (κ2) is 45.9. The van der Waals surface area contributed by atoms with E-state index < -0.39 is 93.3 Å². The third-order valence-corrected chi connectivity index (χ3v) is 16.8. The van der Waals surface area contributed by atoms with E-state index in [1.807, 2.05) is 0 Å². The molecule has 0 aromatic heterocycles. The molecule has 4 aromatic carbocycles. The number of hydrogen-bond donors (Lipinski definition) is 18. The highest BCUT2D eigenvalue weighted by molar-refractivity contribution is 7.53. The Morgan fingerprint density at radius 2 is 0.583 bits per heavy atom. The van der Waals surface area contributed by atoms with Gasteiger partial charge in [-0.15, -0.1) is 0 Å². The number of carboxylic acid groups (broad SMARTS) is 4. The lowest BCUT2D eigenvalue weighted by molar-refractivity contribution is 0.0485. The van der Waals surface area contributed by atoms with Gasteiger partial charge in [0.1, 0.15) is 0 Å². The predicted molar refractivity (Wildman–Crippen MR) is 337 cm³/mol. The molecule has 0 saturated heterocycles. The smallest absolute Gasteiger partial charge is 0.338 e. The van der Waals surface area contributed by atoms with Gasteiger partial charge in [0.25, 0.3) is 0 Å². The van der Waals surface area contributed by atoms with E-state index >= 15 is 0 Å². The molecule has 540 valence electrons. The molecular formula is C54H78O36P6. The maximum atomic E-state index is 11.9. The molecule has 4 aromatic rings. The first-order valence-corrected chi connectivity index (χ1v) is 38.4. The summed E-state index contributed by atoms with van der Waals surface area (Å²) in [4.78, 5) is 192. The van der Waals surface area contributed by atoms with Crippen molar-refractivity contribution in [3.63, 3.8) is 0 Å². The van der Waals surface area contributed by atoms with Crippen molar-refractivity contribution in [3.05, 3.63) is 141 Å². The predicted octanol–water partition coefficient (Wildman–Crippen LogP) is 4.66. The van der Waals surface area contributed by atoms with Crippen molar-refractivity contribution in [1.82, 2.24) is 0 Å². The SMILES string of the molecule is COC(=O)c1ccc(C(=O)OC)c(CCCP(=O)(O)O)c1.O=C(O)c1ccc(C(=O)O)c(CCCP(=O)(O)O)c1.O=C(O)c1ccc(C(=O)O)cc1.O=C(OCCCCP(=O)(O)O)c1ccc(C(=O)OCCCCP(=O)(O)O)cc1.O=P(O)(O)CCCO.O=P(O)(O)CCCO. The molecule has 0 radical (unpaired) electrons. The molecule has 96 heavy (non-hydrogen) atoms. The normalized spacial score (nSPS) is 11.2. The van der Waals surface area contributed by atoms with Crippen molar-refractivity contribution in [3.8, 4) is 0 Å². The van der Waals surface area contributed by atoms with Gasteiger partial charge in [-0.2, -0.15) is 0 Å². The molecule has 0 atom stereocenters. The zero-order valence-corrected chi connectivity index (χ0v) is 56.7. The number of carbonyl (C=O) groups is 8. The van der Waals surface area contributed by atoms with Crippen LogP contribution in [0.15, 0.2) is 84.9 Å². The third kappa shape index (κ3) is 47.4. The molecule has 4 rings (SSSR count). The van der Waals surface area contributed by atoms with Crippen LogP contribution in [0.1, 0.15) is 145 Å². The van der Waals surface area contributed by atoms with Gasteiger partial charge < -0.3 is 108 Å². The fourth-order valence-corrected chi connectivity index (χ4v) is 10.4. The van der Waals surface area contributed by atoms with E-state index in [4.69, 9.17) is 98.8 Å². The zero-order valence-electron chi connectivity index (χ0n) is 51.3. The highest BCUT2D eigenvalue weighted by Gasteiger charge is 2.21. The molecular weight excluding hydrogens is 1410 g/mol. The molecule has 0 spiro atoms. The van der Waals surface area contributed by atoms with Crippen molar-refractivity contribution in [1.29, 1.82) is 0 Å². The maximum Gasteiger partial charge on any atom is 0.338 e. The minimum absolute atomic E-state index is 0.0250. The number of benzene rings is 4. The number of carbonyl (C=O) groups excluding carboxylic acids is 4. The number of unbranched alkanes of at least 4 members (excludes halogenated alkanes) is 2. The summed E-state index contributed by atoms with van der Waals surface area (Å²) in [6, 6.07) is 18.5. The van der Waals surface area contributed by atoms with Gasteiger partial charge in [0, 0.05) is 25.5 Å². The van der Waals surface area contributed by atoms with Crippen LogP contribution in [0, 0.1) is 0 Å². The molecule has 0 aliphatic heterocycles. The van der Waals surface area contributed by atoms with E-state index in [9.17, 15) is 65.7 Å². The van der Waals surface area contributed by atoms with Gasteiger partial charge in [0.05, 0.1) is 96.6 Å².